The van der Waals surface area contributed by atoms with Gasteiger partial charge in [0.2, 0.25) is 5.13 Å². The second-order valence-electron chi connectivity index (χ2n) is 5.39. The Bertz CT molecular complexity index is 1080. The van der Waals surface area contributed by atoms with Crippen LogP contribution in [0.15, 0.2) is 76.5 Å². The van der Waals surface area contributed by atoms with Crippen molar-refractivity contribution >= 4 is 49.8 Å². The van der Waals surface area contributed by atoms with Crippen molar-refractivity contribution in [1.82, 2.24) is 10.2 Å². The summed E-state index contributed by atoms with van der Waals surface area (Å²) >= 11 is 2.69. The van der Waals surface area contributed by atoms with Gasteiger partial charge in [-0.05, 0) is 24.3 Å². The molecule has 2 aromatic carbocycles. The smallest absolute Gasteiger partial charge is 0.261 e. The van der Waals surface area contributed by atoms with E-state index in [1.807, 2.05) is 0 Å². The summed E-state index contributed by atoms with van der Waals surface area (Å²) in [6.07, 6.45) is 1.75. The lowest BCUT2D eigenvalue weighted by molar-refractivity contribution is 0.102. The third-order valence-electron chi connectivity index (χ3n) is 3.42. The van der Waals surface area contributed by atoms with E-state index in [4.69, 9.17) is 0 Å². The van der Waals surface area contributed by atoms with Gasteiger partial charge in [-0.15, -0.1) is 16.8 Å². The fourth-order valence-corrected chi connectivity index (χ4v) is 4.80. The van der Waals surface area contributed by atoms with Crippen molar-refractivity contribution in [3.8, 4) is 0 Å². The van der Waals surface area contributed by atoms with E-state index in [0.29, 0.717) is 15.2 Å². The van der Waals surface area contributed by atoms with Gasteiger partial charge in [0, 0.05) is 5.75 Å². The number of rotatable bonds is 8. The monoisotopic (exact) mass is 432 g/mol. The van der Waals surface area contributed by atoms with Gasteiger partial charge in [0.15, 0.2) is 4.34 Å². The van der Waals surface area contributed by atoms with Crippen LogP contribution in [0.2, 0.25) is 0 Å². The van der Waals surface area contributed by atoms with Crippen LogP contribution in [0.4, 0.5) is 10.8 Å². The molecule has 28 heavy (non-hydrogen) atoms. The van der Waals surface area contributed by atoms with Gasteiger partial charge < -0.3 is 0 Å². The Morgan fingerprint density at radius 3 is 2.57 bits per heavy atom. The van der Waals surface area contributed by atoms with Gasteiger partial charge in [0.1, 0.15) is 0 Å². The molecule has 10 heteroatoms. The molecule has 1 heterocycles. The molecule has 2 N–H and O–H groups in total. The summed E-state index contributed by atoms with van der Waals surface area (Å²) in [6.45, 7) is 3.64. The maximum absolute atomic E-state index is 12.7. The number of nitrogens with zero attached hydrogens (tertiary/aromatic N) is 2. The summed E-state index contributed by atoms with van der Waals surface area (Å²) in [5.41, 5.74) is 0.354. The number of anilines is 2. The third kappa shape index (κ3) is 4.97. The van der Waals surface area contributed by atoms with Crippen LogP contribution >= 0.6 is 23.1 Å². The first-order valence-corrected chi connectivity index (χ1v) is 11.3. The number of carbonyl (C=O) groups excluding carboxylic acids is 1. The molecule has 3 aromatic rings. The molecule has 0 atom stereocenters. The van der Waals surface area contributed by atoms with Crippen molar-refractivity contribution in [2.24, 2.45) is 0 Å². The summed E-state index contributed by atoms with van der Waals surface area (Å²) in [5, 5.41) is 10.9. The lowest BCUT2D eigenvalue weighted by atomic mass is 10.2. The molecule has 3 rings (SSSR count). The van der Waals surface area contributed by atoms with Crippen LogP contribution in [0, 0.1) is 0 Å². The Balaban J connectivity index is 1.79. The maximum atomic E-state index is 12.7. The molecule has 0 aliphatic carbocycles. The quantitative estimate of drug-likeness (QED) is 0.318. The maximum Gasteiger partial charge on any atom is 0.261 e. The molecule has 1 amide bonds. The predicted molar refractivity (Wildman–Crippen MR) is 112 cm³/mol. The Morgan fingerprint density at radius 2 is 1.82 bits per heavy atom. The Morgan fingerprint density at radius 1 is 1.11 bits per heavy atom. The first kappa shape index (κ1) is 20.1. The van der Waals surface area contributed by atoms with E-state index in [1.54, 1.807) is 36.4 Å². The average molecular weight is 433 g/mol. The van der Waals surface area contributed by atoms with Gasteiger partial charge in [-0.3, -0.25) is 14.8 Å². The van der Waals surface area contributed by atoms with E-state index in [9.17, 15) is 13.2 Å². The van der Waals surface area contributed by atoms with Gasteiger partial charge in [-0.2, -0.15) is 0 Å². The molecular formula is C18H16N4O3S3. The first-order chi connectivity index (χ1) is 13.5. The summed E-state index contributed by atoms with van der Waals surface area (Å²) in [4.78, 5) is 12.8. The van der Waals surface area contributed by atoms with Crippen molar-refractivity contribution in [3.05, 3.63) is 72.8 Å². The second-order valence-corrected chi connectivity index (χ2v) is 9.32. The van der Waals surface area contributed by atoms with E-state index < -0.39 is 15.9 Å². The van der Waals surface area contributed by atoms with E-state index in [-0.39, 0.29) is 16.1 Å². The van der Waals surface area contributed by atoms with Crippen molar-refractivity contribution < 1.29 is 13.2 Å². The third-order valence-corrected chi connectivity index (χ3v) is 6.77. The van der Waals surface area contributed by atoms with Crippen molar-refractivity contribution in [1.29, 1.82) is 0 Å². The minimum Gasteiger partial charge on any atom is -0.296 e. The molecule has 0 fully saturated rings. The first-order valence-electron chi connectivity index (χ1n) is 8.05. The minimum atomic E-state index is -3.82. The fourth-order valence-electron chi connectivity index (χ4n) is 2.19. The molecule has 0 spiro atoms. The normalized spacial score (nSPS) is 11.0. The topological polar surface area (TPSA) is 101 Å². The molecule has 7 nitrogen and oxygen atoms in total. The summed E-state index contributed by atoms with van der Waals surface area (Å²) < 4.78 is 28.3. The van der Waals surface area contributed by atoms with Gasteiger partial charge in [0.05, 0.1) is 16.1 Å². The van der Waals surface area contributed by atoms with Crippen LogP contribution in [0.25, 0.3) is 0 Å². The predicted octanol–water partition coefficient (Wildman–Crippen LogP) is 3.87. The number of para-hydroxylation sites is 1. The highest BCUT2D eigenvalue weighted by molar-refractivity contribution is 8.01. The van der Waals surface area contributed by atoms with Crippen LogP contribution in [-0.4, -0.2) is 30.3 Å². The number of hydrogen-bond donors (Lipinski definition) is 2. The number of benzene rings is 2. The van der Waals surface area contributed by atoms with Gasteiger partial charge in [-0.1, -0.05) is 59.5 Å². The fraction of sp³-hybridized carbons (Fsp3) is 0.0556. The molecule has 0 aliphatic heterocycles. The summed E-state index contributed by atoms with van der Waals surface area (Å²) in [5.74, 6) is 0.204. The number of thioether (sulfide) groups is 1. The molecule has 0 saturated heterocycles. The molecule has 0 bridgehead atoms. The number of nitrogens with one attached hydrogen (secondary N) is 2. The molecule has 0 saturated carbocycles. The minimum absolute atomic E-state index is 0.109. The standard InChI is InChI=1S/C18H16N4O3S3/c1-2-12-26-18-21-20-17(27-18)19-16(23)14-10-6-7-11-15(14)22-28(24,25)13-8-4-3-5-9-13/h2-11,22H,1,12H2,(H,19,20,23). The van der Waals surface area contributed by atoms with E-state index in [0.717, 1.165) is 0 Å². The molecule has 1 aromatic heterocycles. The SMILES string of the molecule is C=CCSc1nnc(NC(=O)c2ccccc2NS(=O)(=O)c2ccccc2)s1. The zero-order valence-electron chi connectivity index (χ0n) is 14.5. The second kappa shape index (κ2) is 9.00. The molecule has 0 radical (unpaired) electrons. The highest BCUT2D eigenvalue weighted by Gasteiger charge is 2.19. The van der Waals surface area contributed by atoms with Crippen molar-refractivity contribution in [2.75, 3.05) is 15.8 Å². The van der Waals surface area contributed by atoms with Crippen LogP contribution < -0.4 is 10.0 Å². The molecule has 0 unspecified atom stereocenters. The largest absolute Gasteiger partial charge is 0.296 e. The number of carbonyl (C=O) groups is 1. The lowest BCUT2D eigenvalue weighted by Crippen LogP contribution is -2.18. The number of amides is 1. The molecule has 144 valence electrons. The zero-order valence-corrected chi connectivity index (χ0v) is 17.0. The van der Waals surface area contributed by atoms with Crippen molar-refractivity contribution in [3.63, 3.8) is 0 Å². The molecular weight excluding hydrogens is 416 g/mol. The van der Waals surface area contributed by atoms with Gasteiger partial charge >= 0.3 is 0 Å². The Labute approximate surface area is 171 Å². The van der Waals surface area contributed by atoms with Crippen LogP contribution in [-0.2, 0) is 10.0 Å². The molecule has 0 aliphatic rings. The number of aromatic nitrogens is 2. The highest BCUT2D eigenvalue weighted by Crippen LogP contribution is 2.27. The summed E-state index contributed by atoms with van der Waals surface area (Å²) in [7, 11) is -3.82. The lowest BCUT2D eigenvalue weighted by Gasteiger charge is -2.12. The van der Waals surface area contributed by atoms with Crippen molar-refractivity contribution in [2.45, 2.75) is 9.24 Å². The average Bonchev–Trinajstić information content (AvgIpc) is 3.14. The highest BCUT2D eigenvalue weighted by atomic mass is 32.2. The van der Waals surface area contributed by atoms with E-state index in [1.165, 1.54) is 47.4 Å². The van der Waals surface area contributed by atoms with Crippen LogP contribution in [0.3, 0.4) is 0 Å². The Kier molecular flexibility index (Phi) is 6.45. The number of hydrogen-bond acceptors (Lipinski definition) is 7. The summed E-state index contributed by atoms with van der Waals surface area (Å²) in [6, 6.07) is 14.3. The van der Waals surface area contributed by atoms with E-state index >= 15 is 0 Å². The van der Waals surface area contributed by atoms with Gasteiger partial charge in [0.25, 0.3) is 15.9 Å². The Hall–Kier alpha value is -2.69. The number of sulfonamides is 1. The van der Waals surface area contributed by atoms with Crippen LogP contribution in [0.1, 0.15) is 10.4 Å². The van der Waals surface area contributed by atoms with E-state index in [2.05, 4.69) is 26.8 Å². The van der Waals surface area contributed by atoms with Gasteiger partial charge in [-0.25, -0.2) is 8.42 Å². The van der Waals surface area contributed by atoms with Crippen LogP contribution in [0.5, 0.6) is 0 Å². The zero-order chi connectivity index (χ0) is 20.0.